The molecule has 6 heteroatoms. The van der Waals surface area contributed by atoms with E-state index in [1.54, 1.807) is 19.0 Å². The Bertz CT molecular complexity index is 486. The van der Waals surface area contributed by atoms with Crippen LogP contribution in [0.2, 0.25) is 0 Å². The van der Waals surface area contributed by atoms with Crippen LogP contribution in [0.25, 0.3) is 0 Å². The Morgan fingerprint density at radius 3 is 2.62 bits per heavy atom. The normalized spacial score (nSPS) is 11.0. The first-order valence-corrected chi connectivity index (χ1v) is 6.77. The zero-order valence-electron chi connectivity index (χ0n) is 13.1. The minimum absolute atomic E-state index is 0. The quantitative estimate of drug-likeness (QED) is 0.450. The Morgan fingerprint density at radius 2 is 2.05 bits per heavy atom. The van der Waals surface area contributed by atoms with Gasteiger partial charge in [0, 0.05) is 26.2 Å². The van der Waals surface area contributed by atoms with Crippen molar-refractivity contribution in [3.8, 4) is 0 Å². The summed E-state index contributed by atoms with van der Waals surface area (Å²) in [6.07, 6.45) is 0.363. The average molecular weight is 404 g/mol. The van der Waals surface area contributed by atoms with Crippen molar-refractivity contribution in [3.05, 3.63) is 29.8 Å². The molecule has 0 heterocycles. The predicted octanol–water partition coefficient (Wildman–Crippen LogP) is 2.63. The molecule has 1 rings (SSSR count). The standard InChI is InChI=1S/C15H24N4O.HI/c1-11(2)12-6-5-7-13(10-12)18-15(16)17-9-8-14(20)19(3)4;/h5-7,10-11H,8-9H2,1-4H3,(H3,16,17,18);1H. The number of nitrogens with one attached hydrogen (secondary N) is 1. The Labute approximate surface area is 144 Å². The van der Waals surface area contributed by atoms with Crippen LogP contribution in [-0.4, -0.2) is 37.4 Å². The summed E-state index contributed by atoms with van der Waals surface area (Å²) in [5.74, 6) is 0.841. The van der Waals surface area contributed by atoms with Gasteiger partial charge in [0.05, 0.1) is 6.54 Å². The van der Waals surface area contributed by atoms with Gasteiger partial charge in [-0.1, -0.05) is 26.0 Å². The molecule has 118 valence electrons. The van der Waals surface area contributed by atoms with Gasteiger partial charge >= 0.3 is 0 Å². The van der Waals surface area contributed by atoms with Crippen molar-refractivity contribution in [2.45, 2.75) is 26.2 Å². The molecule has 1 aromatic carbocycles. The van der Waals surface area contributed by atoms with E-state index in [0.717, 1.165) is 5.69 Å². The monoisotopic (exact) mass is 404 g/mol. The molecule has 1 amide bonds. The number of benzene rings is 1. The molecule has 0 unspecified atom stereocenters. The number of hydrogen-bond donors (Lipinski definition) is 2. The summed E-state index contributed by atoms with van der Waals surface area (Å²) in [7, 11) is 3.45. The van der Waals surface area contributed by atoms with Crippen molar-refractivity contribution < 1.29 is 4.79 Å². The summed E-state index contributed by atoms with van der Waals surface area (Å²) in [6.45, 7) is 4.67. The third-order valence-electron chi connectivity index (χ3n) is 2.93. The number of nitrogens with two attached hydrogens (primary N) is 1. The molecule has 0 saturated carbocycles. The number of carbonyl (C=O) groups is 1. The highest BCUT2D eigenvalue weighted by Gasteiger charge is 2.03. The van der Waals surface area contributed by atoms with E-state index in [0.29, 0.717) is 24.8 Å². The highest BCUT2D eigenvalue weighted by atomic mass is 127. The lowest BCUT2D eigenvalue weighted by molar-refractivity contribution is -0.128. The second-order valence-corrected chi connectivity index (χ2v) is 5.21. The number of anilines is 1. The molecule has 0 aliphatic rings. The molecular weight excluding hydrogens is 379 g/mol. The van der Waals surface area contributed by atoms with E-state index in [1.165, 1.54) is 5.56 Å². The van der Waals surface area contributed by atoms with Crippen molar-refractivity contribution in [2.75, 3.05) is 26.0 Å². The van der Waals surface area contributed by atoms with Crippen molar-refractivity contribution in [1.82, 2.24) is 4.90 Å². The Balaban J connectivity index is 0.00000400. The first kappa shape index (κ1) is 19.7. The van der Waals surface area contributed by atoms with Crippen LogP contribution in [-0.2, 0) is 4.79 Å². The number of guanidine groups is 1. The van der Waals surface area contributed by atoms with Gasteiger partial charge < -0.3 is 16.0 Å². The molecule has 0 bridgehead atoms. The molecule has 0 atom stereocenters. The molecule has 0 radical (unpaired) electrons. The van der Waals surface area contributed by atoms with Gasteiger partial charge in [0.1, 0.15) is 0 Å². The number of aliphatic imine (C=N–C) groups is 1. The SMILES string of the molecule is CC(C)c1cccc(NC(N)=NCCC(=O)N(C)C)c1.I. The van der Waals surface area contributed by atoms with Gasteiger partial charge in [0.15, 0.2) is 5.96 Å². The summed E-state index contributed by atoms with van der Waals surface area (Å²) in [5.41, 5.74) is 7.96. The Morgan fingerprint density at radius 1 is 1.38 bits per heavy atom. The Kier molecular flexibility index (Phi) is 9.00. The van der Waals surface area contributed by atoms with Gasteiger partial charge in [0.2, 0.25) is 5.91 Å². The largest absolute Gasteiger partial charge is 0.370 e. The van der Waals surface area contributed by atoms with Gasteiger partial charge in [-0.25, -0.2) is 0 Å². The van der Waals surface area contributed by atoms with Crippen LogP contribution >= 0.6 is 24.0 Å². The zero-order valence-corrected chi connectivity index (χ0v) is 15.4. The number of hydrogen-bond acceptors (Lipinski definition) is 2. The maximum absolute atomic E-state index is 11.4. The summed E-state index contributed by atoms with van der Waals surface area (Å²) in [5, 5.41) is 3.04. The van der Waals surface area contributed by atoms with Crippen LogP contribution in [0, 0.1) is 0 Å². The van der Waals surface area contributed by atoms with E-state index in [-0.39, 0.29) is 29.9 Å². The summed E-state index contributed by atoms with van der Waals surface area (Å²) in [4.78, 5) is 17.1. The number of halogens is 1. The zero-order chi connectivity index (χ0) is 15.1. The number of carbonyl (C=O) groups excluding carboxylic acids is 1. The fraction of sp³-hybridized carbons (Fsp3) is 0.467. The van der Waals surface area contributed by atoms with Crippen LogP contribution < -0.4 is 11.1 Å². The van der Waals surface area contributed by atoms with E-state index >= 15 is 0 Å². The molecule has 0 aromatic heterocycles. The first-order valence-electron chi connectivity index (χ1n) is 6.77. The minimum atomic E-state index is 0. The molecular formula is C15H25IN4O. The second-order valence-electron chi connectivity index (χ2n) is 5.21. The lowest BCUT2D eigenvalue weighted by Gasteiger charge is -2.10. The number of nitrogens with zero attached hydrogens (tertiary/aromatic N) is 2. The second kappa shape index (κ2) is 9.59. The van der Waals surface area contributed by atoms with Gasteiger partial charge in [-0.05, 0) is 23.6 Å². The van der Waals surface area contributed by atoms with Crippen molar-refractivity contribution in [2.24, 2.45) is 10.7 Å². The third kappa shape index (κ3) is 7.31. The lowest BCUT2D eigenvalue weighted by atomic mass is 10.0. The fourth-order valence-corrected chi connectivity index (χ4v) is 1.66. The Hall–Kier alpha value is -1.31. The molecule has 5 nitrogen and oxygen atoms in total. The smallest absolute Gasteiger partial charge is 0.223 e. The molecule has 0 fully saturated rings. The van der Waals surface area contributed by atoms with Crippen molar-refractivity contribution in [1.29, 1.82) is 0 Å². The van der Waals surface area contributed by atoms with Gasteiger partial charge in [-0.3, -0.25) is 9.79 Å². The van der Waals surface area contributed by atoms with Crippen LogP contribution in [0.4, 0.5) is 5.69 Å². The van der Waals surface area contributed by atoms with E-state index in [2.05, 4.69) is 36.3 Å². The number of rotatable bonds is 5. The lowest BCUT2D eigenvalue weighted by Crippen LogP contribution is -2.25. The average Bonchev–Trinajstić information content (AvgIpc) is 2.38. The molecule has 1 aromatic rings. The molecule has 21 heavy (non-hydrogen) atoms. The maximum atomic E-state index is 11.4. The molecule has 0 saturated heterocycles. The van der Waals surface area contributed by atoms with Crippen LogP contribution in [0.1, 0.15) is 31.7 Å². The van der Waals surface area contributed by atoms with Crippen molar-refractivity contribution >= 4 is 41.5 Å². The van der Waals surface area contributed by atoms with Crippen LogP contribution in [0.5, 0.6) is 0 Å². The molecule has 0 aliphatic carbocycles. The van der Waals surface area contributed by atoms with Crippen LogP contribution in [0.15, 0.2) is 29.3 Å². The van der Waals surface area contributed by atoms with Gasteiger partial charge in [-0.15, -0.1) is 24.0 Å². The highest BCUT2D eigenvalue weighted by molar-refractivity contribution is 14.0. The van der Waals surface area contributed by atoms with Crippen LogP contribution in [0.3, 0.4) is 0 Å². The van der Waals surface area contributed by atoms with E-state index in [1.807, 2.05) is 12.1 Å². The van der Waals surface area contributed by atoms with Crippen molar-refractivity contribution in [3.63, 3.8) is 0 Å². The molecule has 3 N–H and O–H groups in total. The van der Waals surface area contributed by atoms with E-state index in [4.69, 9.17) is 5.73 Å². The third-order valence-corrected chi connectivity index (χ3v) is 2.93. The predicted molar refractivity (Wildman–Crippen MR) is 99.4 cm³/mol. The topological polar surface area (TPSA) is 70.7 Å². The molecule has 0 aliphatic heterocycles. The first-order chi connectivity index (χ1) is 9.40. The summed E-state index contributed by atoms with van der Waals surface area (Å²) in [6, 6.07) is 8.07. The maximum Gasteiger partial charge on any atom is 0.223 e. The molecule has 0 spiro atoms. The van der Waals surface area contributed by atoms with Gasteiger partial charge in [-0.2, -0.15) is 0 Å². The highest BCUT2D eigenvalue weighted by Crippen LogP contribution is 2.18. The van der Waals surface area contributed by atoms with E-state index < -0.39 is 0 Å². The summed E-state index contributed by atoms with van der Waals surface area (Å²) >= 11 is 0. The minimum Gasteiger partial charge on any atom is -0.370 e. The fourth-order valence-electron chi connectivity index (χ4n) is 1.66. The summed E-state index contributed by atoms with van der Waals surface area (Å²) < 4.78 is 0. The van der Waals surface area contributed by atoms with Gasteiger partial charge in [0.25, 0.3) is 0 Å². The number of amides is 1. The van der Waals surface area contributed by atoms with E-state index in [9.17, 15) is 4.79 Å².